The molecule has 0 spiro atoms. The summed E-state index contributed by atoms with van der Waals surface area (Å²) >= 11 is 0. The number of nitrogens with one attached hydrogen (secondary N) is 2. The van der Waals surface area contributed by atoms with E-state index in [1.165, 1.54) is 0 Å². The average molecular weight is 303 g/mol. The minimum Gasteiger partial charge on any atom is -0.375 e. The number of rotatable bonds is 3. The number of halogens is 1. The van der Waals surface area contributed by atoms with Crippen LogP contribution in [0.3, 0.4) is 0 Å². The summed E-state index contributed by atoms with van der Waals surface area (Å²) in [4.78, 5) is 12.2. The van der Waals surface area contributed by atoms with E-state index < -0.39 is 0 Å². The molecule has 1 amide bonds. The SMILES string of the molecule is Cc1nn(C)cc1C(C)NC(=O)[C@H]1NCCO[C@@H]1C.Cl. The molecule has 1 unspecified atom stereocenters. The van der Waals surface area contributed by atoms with Crippen LogP contribution in [0.1, 0.15) is 31.1 Å². The fourth-order valence-electron chi connectivity index (χ4n) is 2.45. The molecule has 1 aliphatic rings. The molecule has 0 radical (unpaired) electrons. The van der Waals surface area contributed by atoms with Crippen molar-refractivity contribution in [2.24, 2.45) is 7.05 Å². The smallest absolute Gasteiger partial charge is 0.240 e. The van der Waals surface area contributed by atoms with E-state index in [0.717, 1.165) is 11.3 Å². The van der Waals surface area contributed by atoms with Crippen LogP contribution in [0.5, 0.6) is 0 Å². The lowest BCUT2D eigenvalue weighted by Gasteiger charge is -2.30. The van der Waals surface area contributed by atoms with Crippen molar-refractivity contribution in [2.45, 2.75) is 39.0 Å². The van der Waals surface area contributed by atoms with Gasteiger partial charge in [-0.05, 0) is 20.8 Å². The number of nitrogens with zero attached hydrogens (tertiary/aromatic N) is 2. The van der Waals surface area contributed by atoms with Crippen molar-refractivity contribution in [1.82, 2.24) is 20.4 Å². The molecule has 3 atom stereocenters. The molecule has 0 aromatic carbocycles. The van der Waals surface area contributed by atoms with Gasteiger partial charge in [0.05, 0.1) is 24.4 Å². The third-order valence-corrected chi connectivity index (χ3v) is 3.48. The normalized spacial score (nSPS) is 23.8. The molecule has 6 nitrogen and oxygen atoms in total. The number of ether oxygens (including phenoxy) is 1. The van der Waals surface area contributed by atoms with Crippen LogP contribution in [0.4, 0.5) is 0 Å². The van der Waals surface area contributed by atoms with Gasteiger partial charge in [-0.25, -0.2) is 0 Å². The third kappa shape index (κ3) is 3.71. The Balaban J connectivity index is 0.00000200. The molecule has 1 aromatic rings. The summed E-state index contributed by atoms with van der Waals surface area (Å²) < 4.78 is 7.25. The van der Waals surface area contributed by atoms with E-state index in [4.69, 9.17) is 4.74 Å². The number of morpholine rings is 1. The molecular weight excluding hydrogens is 280 g/mol. The highest BCUT2D eigenvalue weighted by atomic mass is 35.5. The molecule has 1 aliphatic heterocycles. The molecule has 114 valence electrons. The molecule has 7 heteroatoms. The first-order valence-electron chi connectivity index (χ1n) is 6.64. The minimum atomic E-state index is -0.284. The van der Waals surface area contributed by atoms with Crippen molar-refractivity contribution in [2.75, 3.05) is 13.2 Å². The van der Waals surface area contributed by atoms with Crippen molar-refractivity contribution < 1.29 is 9.53 Å². The average Bonchev–Trinajstić information content (AvgIpc) is 2.69. The van der Waals surface area contributed by atoms with Gasteiger partial charge >= 0.3 is 0 Å². The van der Waals surface area contributed by atoms with Gasteiger partial charge in [0.1, 0.15) is 6.04 Å². The fraction of sp³-hybridized carbons (Fsp3) is 0.692. The Morgan fingerprint density at radius 1 is 1.65 bits per heavy atom. The Morgan fingerprint density at radius 3 is 2.90 bits per heavy atom. The van der Waals surface area contributed by atoms with Crippen LogP contribution in [-0.2, 0) is 16.6 Å². The standard InChI is InChI=1S/C13H22N4O2.ClH/c1-8(11-7-17(4)16-9(11)2)15-13(18)12-10(3)19-6-5-14-12;/h7-8,10,12,14H,5-6H2,1-4H3,(H,15,18);1H/t8?,10-,12+;/m1./s1. The van der Waals surface area contributed by atoms with Crippen LogP contribution in [0, 0.1) is 6.92 Å². The largest absolute Gasteiger partial charge is 0.375 e. The molecule has 20 heavy (non-hydrogen) atoms. The summed E-state index contributed by atoms with van der Waals surface area (Å²) in [5, 5.41) is 10.5. The molecule has 1 saturated heterocycles. The van der Waals surface area contributed by atoms with E-state index in [-0.39, 0.29) is 36.5 Å². The molecule has 2 heterocycles. The van der Waals surface area contributed by atoms with Crippen molar-refractivity contribution in [3.8, 4) is 0 Å². The Hall–Kier alpha value is -1.11. The number of carbonyl (C=O) groups is 1. The molecule has 2 N–H and O–H groups in total. The van der Waals surface area contributed by atoms with E-state index in [0.29, 0.717) is 13.2 Å². The van der Waals surface area contributed by atoms with Crippen LogP contribution in [0.15, 0.2) is 6.20 Å². The highest BCUT2D eigenvalue weighted by Crippen LogP contribution is 2.16. The minimum absolute atomic E-state index is 0. The molecule has 0 aliphatic carbocycles. The summed E-state index contributed by atoms with van der Waals surface area (Å²) in [6.45, 7) is 7.19. The zero-order valence-electron chi connectivity index (χ0n) is 12.3. The van der Waals surface area contributed by atoms with Crippen molar-refractivity contribution >= 4 is 18.3 Å². The van der Waals surface area contributed by atoms with E-state index in [1.54, 1.807) is 4.68 Å². The van der Waals surface area contributed by atoms with Gasteiger partial charge in [0, 0.05) is 25.4 Å². The Bertz CT molecular complexity index is 463. The lowest BCUT2D eigenvalue weighted by Crippen LogP contribution is -2.55. The number of carbonyl (C=O) groups excluding carboxylic acids is 1. The molecular formula is C13H23ClN4O2. The van der Waals surface area contributed by atoms with Crippen LogP contribution in [0.25, 0.3) is 0 Å². The highest BCUT2D eigenvalue weighted by molar-refractivity contribution is 5.85. The fourth-order valence-corrected chi connectivity index (χ4v) is 2.45. The number of hydrogen-bond donors (Lipinski definition) is 2. The monoisotopic (exact) mass is 302 g/mol. The van der Waals surface area contributed by atoms with Gasteiger partial charge < -0.3 is 15.4 Å². The molecule has 1 aromatic heterocycles. The highest BCUT2D eigenvalue weighted by Gasteiger charge is 2.29. The summed E-state index contributed by atoms with van der Waals surface area (Å²) in [6.07, 6.45) is 1.84. The van der Waals surface area contributed by atoms with Gasteiger partial charge in [0.2, 0.25) is 5.91 Å². The number of aryl methyl sites for hydroxylation is 2. The van der Waals surface area contributed by atoms with Gasteiger partial charge in [-0.3, -0.25) is 9.48 Å². The van der Waals surface area contributed by atoms with Gasteiger partial charge in [0.25, 0.3) is 0 Å². The number of hydrogen-bond acceptors (Lipinski definition) is 4. The summed E-state index contributed by atoms with van der Waals surface area (Å²) in [5.41, 5.74) is 1.98. The molecule has 1 fully saturated rings. The van der Waals surface area contributed by atoms with E-state index in [9.17, 15) is 4.79 Å². The summed E-state index contributed by atoms with van der Waals surface area (Å²) in [7, 11) is 1.88. The summed E-state index contributed by atoms with van der Waals surface area (Å²) in [6, 6.07) is -0.342. The van der Waals surface area contributed by atoms with Gasteiger partial charge in [0.15, 0.2) is 0 Å². The predicted molar refractivity (Wildman–Crippen MR) is 79.0 cm³/mol. The van der Waals surface area contributed by atoms with Gasteiger partial charge in [-0.15, -0.1) is 12.4 Å². The van der Waals surface area contributed by atoms with Crippen LogP contribution in [0.2, 0.25) is 0 Å². The van der Waals surface area contributed by atoms with E-state index in [1.807, 2.05) is 34.0 Å². The summed E-state index contributed by atoms with van der Waals surface area (Å²) in [5.74, 6) is -0.0250. The van der Waals surface area contributed by atoms with Crippen LogP contribution in [-0.4, -0.2) is 41.0 Å². The lowest BCUT2D eigenvalue weighted by atomic mass is 10.1. The molecule has 0 saturated carbocycles. The van der Waals surface area contributed by atoms with Crippen LogP contribution < -0.4 is 10.6 Å². The van der Waals surface area contributed by atoms with Gasteiger partial charge in [-0.1, -0.05) is 0 Å². The van der Waals surface area contributed by atoms with Gasteiger partial charge in [-0.2, -0.15) is 5.10 Å². The maximum absolute atomic E-state index is 12.2. The molecule has 2 rings (SSSR count). The molecule has 0 bridgehead atoms. The Labute approximate surface area is 125 Å². The quantitative estimate of drug-likeness (QED) is 0.863. The van der Waals surface area contributed by atoms with E-state index >= 15 is 0 Å². The van der Waals surface area contributed by atoms with Crippen molar-refractivity contribution in [3.05, 3.63) is 17.5 Å². The first kappa shape index (κ1) is 16.9. The maximum Gasteiger partial charge on any atom is 0.240 e. The topological polar surface area (TPSA) is 68.2 Å². The third-order valence-electron chi connectivity index (χ3n) is 3.48. The van der Waals surface area contributed by atoms with Crippen molar-refractivity contribution in [3.63, 3.8) is 0 Å². The zero-order valence-corrected chi connectivity index (χ0v) is 13.2. The Morgan fingerprint density at radius 2 is 2.35 bits per heavy atom. The second kappa shape index (κ2) is 7.06. The Kier molecular flexibility index (Phi) is 5.98. The zero-order chi connectivity index (χ0) is 14.0. The lowest BCUT2D eigenvalue weighted by molar-refractivity contribution is -0.129. The number of aromatic nitrogens is 2. The first-order chi connectivity index (χ1) is 8.99. The second-order valence-corrected chi connectivity index (χ2v) is 5.08. The van der Waals surface area contributed by atoms with Crippen LogP contribution >= 0.6 is 12.4 Å². The first-order valence-corrected chi connectivity index (χ1v) is 6.64. The second-order valence-electron chi connectivity index (χ2n) is 5.08. The number of amides is 1. The van der Waals surface area contributed by atoms with Crippen molar-refractivity contribution in [1.29, 1.82) is 0 Å². The van der Waals surface area contributed by atoms with E-state index in [2.05, 4.69) is 15.7 Å². The maximum atomic E-state index is 12.2. The predicted octanol–water partition coefficient (Wildman–Crippen LogP) is 0.704.